The summed E-state index contributed by atoms with van der Waals surface area (Å²) in [6, 6.07) is 9.65. The monoisotopic (exact) mass is 579 g/mol. The van der Waals surface area contributed by atoms with Crippen molar-refractivity contribution in [3.63, 3.8) is 0 Å². The average Bonchev–Trinajstić information content (AvgIpc) is 3.50. The molecule has 0 spiro atoms. The van der Waals surface area contributed by atoms with Crippen LogP contribution in [-0.2, 0) is 32.8 Å². The van der Waals surface area contributed by atoms with Gasteiger partial charge in [-0.05, 0) is 36.6 Å². The third kappa shape index (κ3) is 5.87. The van der Waals surface area contributed by atoms with Crippen molar-refractivity contribution in [2.45, 2.75) is 32.2 Å². The summed E-state index contributed by atoms with van der Waals surface area (Å²) in [6.45, 7) is 1.77. The molecule has 3 amide bonds. The number of carboxylic acids is 1. The summed E-state index contributed by atoms with van der Waals surface area (Å²) in [5.74, 6) is -2.13. The number of hydrogen-bond acceptors (Lipinski definition) is 6. The molecule has 2 aromatic heterocycles. The molecule has 4 aromatic rings. The Morgan fingerprint density at radius 1 is 1.02 bits per heavy atom. The van der Waals surface area contributed by atoms with E-state index in [9.17, 15) is 19.2 Å². The Morgan fingerprint density at radius 3 is 2.46 bits per heavy atom. The summed E-state index contributed by atoms with van der Waals surface area (Å²) in [6.07, 6.45) is 3.22. The van der Waals surface area contributed by atoms with Crippen LogP contribution in [0.2, 0.25) is 5.02 Å². The Balaban J connectivity index is 1.52. The minimum atomic E-state index is -1.17. The first kappa shape index (κ1) is 28.1. The predicted molar refractivity (Wildman–Crippen MR) is 152 cm³/mol. The second kappa shape index (κ2) is 11.6. The van der Waals surface area contributed by atoms with Crippen LogP contribution in [0.25, 0.3) is 32.9 Å². The topological polar surface area (TPSA) is 151 Å². The zero-order chi connectivity index (χ0) is 29.3. The zero-order valence-electron chi connectivity index (χ0n) is 22.7. The molecule has 1 aliphatic heterocycles. The number of nitrogens with one attached hydrogen (secondary N) is 2. The predicted octanol–water partition coefficient (Wildman–Crippen LogP) is 2.29. The van der Waals surface area contributed by atoms with Gasteiger partial charge in [0.25, 0.3) is 0 Å². The first-order valence-corrected chi connectivity index (χ1v) is 13.6. The first-order chi connectivity index (χ1) is 19.6. The maximum absolute atomic E-state index is 12.8. The molecule has 1 aliphatic rings. The highest BCUT2D eigenvalue weighted by molar-refractivity contribution is 6.34. The number of carboxylic acid groups (broad SMARTS) is 1. The summed E-state index contributed by atoms with van der Waals surface area (Å²) in [7, 11) is 1.87. The molecule has 214 valence electrons. The Bertz CT molecular complexity index is 1670. The Hall–Kier alpha value is -4.45. The zero-order valence-corrected chi connectivity index (χ0v) is 23.4. The van der Waals surface area contributed by atoms with Gasteiger partial charge in [-0.25, -0.2) is 0 Å². The van der Waals surface area contributed by atoms with Crippen molar-refractivity contribution in [3.05, 3.63) is 47.2 Å². The molecule has 5 rings (SSSR count). The lowest BCUT2D eigenvalue weighted by Crippen LogP contribution is -2.40. The van der Waals surface area contributed by atoms with E-state index in [-0.39, 0.29) is 24.9 Å². The lowest BCUT2D eigenvalue weighted by Gasteiger charge is -2.30. The quantitative estimate of drug-likeness (QED) is 0.290. The van der Waals surface area contributed by atoms with Crippen LogP contribution in [0.1, 0.15) is 31.4 Å². The molecule has 0 atom stereocenters. The first-order valence-electron chi connectivity index (χ1n) is 13.2. The Labute approximate surface area is 240 Å². The smallest absolute Gasteiger partial charge is 0.322 e. The van der Waals surface area contributed by atoms with Gasteiger partial charge in [0.05, 0.1) is 29.5 Å². The summed E-state index contributed by atoms with van der Waals surface area (Å²) < 4.78 is 3.40. The van der Waals surface area contributed by atoms with Crippen molar-refractivity contribution in [1.82, 2.24) is 35.1 Å². The van der Waals surface area contributed by atoms with Crippen LogP contribution in [0, 0.1) is 0 Å². The van der Waals surface area contributed by atoms with Gasteiger partial charge >= 0.3 is 5.97 Å². The van der Waals surface area contributed by atoms with Gasteiger partial charge in [-0.1, -0.05) is 23.7 Å². The highest BCUT2D eigenvalue weighted by atomic mass is 35.5. The van der Waals surface area contributed by atoms with E-state index in [1.807, 2.05) is 42.3 Å². The summed E-state index contributed by atoms with van der Waals surface area (Å²) in [4.78, 5) is 49.1. The number of hydrogen-bond donors (Lipinski definition) is 3. The average molecular weight is 580 g/mol. The van der Waals surface area contributed by atoms with E-state index >= 15 is 0 Å². The lowest BCUT2D eigenvalue weighted by atomic mass is 9.89. The molecule has 0 bridgehead atoms. The third-order valence-corrected chi connectivity index (χ3v) is 7.75. The van der Waals surface area contributed by atoms with Gasteiger partial charge in [0.1, 0.15) is 13.1 Å². The van der Waals surface area contributed by atoms with Gasteiger partial charge in [0.2, 0.25) is 17.7 Å². The molecule has 2 aromatic carbocycles. The van der Waals surface area contributed by atoms with E-state index in [0.717, 1.165) is 51.5 Å². The highest BCUT2D eigenvalue weighted by Crippen LogP contribution is 2.41. The van der Waals surface area contributed by atoms with Crippen LogP contribution < -0.4 is 10.6 Å². The number of amides is 3. The van der Waals surface area contributed by atoms with E-state index in [1.54, 1.807) is 22.5 Å². The molecule has 1 saturated heterocycles. The van der Waals surface area contributed by atoms with Crippen LogP contribution in [0.3, 0.4) is 0 Å². The number of carbonyl (C=O) groups excluding carboxylic acids is 3. The van der Waals surface area contributed by atoms with Crippen LogP contribution >= 0.6 is 11.6 Å². The molecule has 0 radical (unpaired) electrons. The van der Waals surface area contributed by atoms with Crippen molar-refractivity contribution in [2.75, 3.05) is 26.2 Å². The minimum Gasteiger partial charge on any atom is -0.480 e. The number of piperidine rings is 1. The standard InChI is InChI=1S/C28H30ClN7O5/c1-16(37)35-8-6-17(7-9-35)28-27-19(20-11-23-18(10-21(20)29)12-32-34(23)2)4-3-5-22(27)36(33-28)15-25(39)30-13-24(38)31-14-26(40)41/h3-5,10-12,17H,6-9,13-15H2,1-2H3,(H,30,39)(H,31,38)(H,40,41). The summed E-state index contributed by atoms with van der Waals surface area (Å²) >= 11 is 6.80. The molecule has 3 N–H and O–H groups in total. The van der Waals surface area contributed by atoms with Crippen LogP contribution in [-0.4, -0.2) is 79.4 Å². The fourth-order valence-corrected chi connectivity index (χ4v) is 5.62. The minimum absolute atomic E-state index is 0.0415. The molecule has 0 unspecified atom stereocenters. The van der Waals surface area contributed by atoms with Crippen molar-refractivity contribution in [2.24, 2.45) is 7.05 Å². The van der Waals surface area contributed by atoms with Gasteiger partial charge in [0.15, 0.2) is 0 Å². The van der Waals surface area contributed by atoms with Crippen molar-refractivity contribution < 1.29 is 24.3 Å². The van der Waals surface area contributed by atoms with Gasteiger partial charge in [-0.3, -0.25) is 28.5 Å². The number of halogens is 1. The number of aliphatic carboxylic acids is 1. The van der Waals surface area contributed by atoms with Crippen molar-refractivity contribution in [1.29, 1.82) is 0 Å². The SMILES string of the molecule is CC(=O)N1CCC(c2nn(CC(=O)NCC(=O)NCC(=O)O)c3cccc(-c4cc5c(cnn5C)cc4Cl)c23)CC1. The number of aryl methyl sites for hydroxylation is 1. The number of likely N-dealkylation sites (tertiary alicyclic amines) is 1. The molecule has 12 nitrogen and oxygen atoms in total. The lowest BCUT2D eigenvalue weighted by molar-refractivity contribution is -0.137. The van der Waals surface area contributed by atoms with Gasteiger partial charge in [-0.15, -0.1) is 0 Å². The number of aromatic nitrogens is 4. The largest absolute Gasteiger partial charge is 0.480 e. The van der Waals surface area contributed by atoms with Gasteiger partial charge in [0, 0.05) is 54.3 Å². The summed E-state index contributed by atoms with van der Waals surface area (Å²) in [5, 5.41) is 25.1. The van der Waals surface area contributed by atoms with Gasteiger partial charge < -0.3 is 20.6 Å². The van der Waals surface area contributed by atoms with E-state index in [4.69, 9.17) is 21.8 Å². The molecular formula is C28H30ClN7O5. The number of rotatable bonds is 8. The number of nitrogens with zero attached hydrogens (tertiary/aromatic N) is 5. The molecular weight excluding hydrogens is 550 g/mol. The van der Waals surface area contributed by atoms with E-state index < -0.39 is 24.3 Å². The summed E-state index contributed by atoms with van der Waals surface area (Å²) in [5.41, 5.74) is 4.17. The molecule has 13 heteroatoms. The Kier molecular flexibility index (Phi) is 7.93. The second-order valence-electron chi connectivity index (χ2n) is 10.1. The fourth-order valence-electron chi connectivity index (χ4n) is 5.34. The van der Waals surface area contributed by atoms with E-state index in [0.29, 0.717) is 18.1 Å². The molecule has 0 saturated carbocycles. The van der Waals surface area contributed by atoms with Crippen LogP contribution in [0.15, 0.2) is 36.5 Å². The maximum Gasteiger partial charge on any atom is 0.322 e. The molecule has 3 heterocycles. The van der Waals surface area contributed by atoms with Crippen LogP contribution in [0.4, 0.5) is 0 Å². The second-order valence-corrected chi connectivity index (χ2v) is 10.5. The molecule has 41 heavy (non-hydrogen) atoms. The molecule has 1 fully saturated rings. The van der Waals surface area contributed by atoms with Crippen molar-refractivity contribution in [3.8, 4) is 11.1 Å². The number of benzene rings is 2. The third-order valence-electron chi connectivity index (χ3n) is 7.43. The molecule has 0 aliphatic carbocycles. The van der Waals surface area contributed by atoms with Crippen LogP contribution in [0.5, 0.6) is 0 Å². The van der Waals surface area contributed by atoms with E-state index in [1.165, 1.54) is 0 Å². The number of fused-ring (bicyclic) bond motifs is 2. The van der Waals surface area contributed by atoms with Crippen molar-refractivity contribution >= 4 is 57.1 Å². The highest BCUT2D eigenvalue weighted by Gasteiger charge is 2.28. The van der Waals surface area contributed by atoms with E-state index in [2.05, 4.69) is 15.7 Å². The van der Waals surface area contributed by atoms with Gasteiger partial charge in [-0.2, -0.15) is 10.2 Å². The fraction of sp³-hybridized carbons (Fsp3) is 0.357. The number of carbonyl (C=O) groups is 4. The Morgan fingerprint density at radius 2 is 1.76 bits per heavy atom. The maximum atomic E-state index is 12.8. The normalized spacial score (nSPS) is 14.0.